The predicted molar refractivity (Wildman–Crippen MR) is 96.5 cm³/mol. The second-order valence-electron chi connectivity index (χ2n) is 7.06. The summed E-state index contributed by atoms with van der Waals surface area (Å²) >= 11 is 0. The standard InChI is InChI=1S/C19H26N4O2/c1-19(2,3)17(14-25-18(20)24)23(12-15-8-4-6-10-21-15)13-16-9-5-7-11-22-16/h4-11,17H,12-14H2,1-3H3,(H2,20,24). The average molecular weight is 342 g/mol. The number of hydrogen-bond donors (Lipinski definition) is 1. The van der Waals surface area contributed by atoms with Crippen molar-refractivity contribution in [3.8, 4) is 0 Å². The molecule has 6 nitrogen and oxygen atoms in total. The molecule has 6 heteroatoms. The number of nitrogens with zero attached hydrogens (tertiary/aromatic N) is 3. The number of ether oxygens (including phenoxy) is 1. The highest BCUT2D eigenvalue weighted by Gasteiger charge is 2.32. The number of pyridine rings is 2. The van der Waals surface area contributed by atoms with Crippen LogP contribution in [0.3, 0.4) is 0 Å². The van der Waals surface area contributed by atoms with Crippen LogP contribution in [0, 0.1) is 5.41 Å². The van der Waals surface area contributed by atoms with E-state index < -0.39 is 6.09 Å². The number of primary amides is 1. The molecule has 0 radical (unpaired) electrons. The molecule has 0 spiro atoms. The Morgan fingerprint density at radius 2 is 1.60 bits per heavy atom. The van der Waals surface area contributed by atoms with Crippen LogP contribution in [0.15, 0.2) is 48.8 Å². The summed E-state index contributed by atoms with van der Waals surface area (Å²) in [5.41, 5.74) is 6.96. The molecule has 1 amide bonds. The smallest absolute Gasteiger partial charge is 0.404 e. The molecule has 1 atom stereocenters. The van der Waals surface area contributed by atoms with E-state index in [0.717, 1.165) is 11.4 Å². The molecule has 2 rings (SSSR count). The SMILES string of the molecule is CC(C)(C)C(COC(N)=O)N(Cc1ccccn1)Cc1ccccn1. The minimum atomic E-state index is -0.759. The lowest BCUT2D eigenvalue weighted by atomic mass is 9.85. The summed E-state index contributed by atoms with van der Waals surface area (Å²) in [5.74, 6) is 0. The Labute approximate surface area is 149 Å². The van der Waals surface area contributed by atoms with Crippen LogP contribution in [0.1, 0.15) is 32.2 Å². The van der Waals surface area contributed by atoms with Gasteiger partial charge in [-0.1, -0.05) is 32.9 Å². The van der Waals surface area contributed by atoms with Crippen LogP contribution < -0.4 is 5.73 Å². The molecule has 2 heterocycles. The lowest BCUT2D eigenvalue weighted by molar-refractivity contribution is 0.0266. The van der Waals surface area contributed by atoms with E-state index in [1.165, 1.54) is 0 Å². The summed E-state index contributed by atoms with van der Waals surface area (Å²) in [6.45, 7) is 7.82. The number of aromatic nitrogens is 2. The Hall–Kier alpha value is -2.47. The van der Waals surface area contributed by atoms with Gasteiger partial charge < -0.3 is 10.5 Å². The molecule has 0 bridgehead atoms. The number of rotatable bonds is 7. The van der Waals surface area contributed by atoms with Gasteiger partial charge in [0.05, 0.1) is 11.4 Å². The molecule has 0 aliphatic rings. The zero-order valence-electron chi connectivity index (χ0n) is 15.1. The molecule has 0 aliphatic heterocycles. The summed E-state index contributed by atoms with van der Waals surface area (Å²) in [6.07, 6.45) is 2.80. The first-order chi connectivity index (χ1) is 11.9. The van der Waals surface area contributed by atoms with Gasteiger partial charge in [-0.2, -0.15) is 0 Å². The van der Waals surface area contributed by atoms with Crippen molar-refractivity contribution in [1.29, 1.82) is 0 Å². The first-order valence-electron chi connectivity index (χ1n) is 8.32. The average Bonchev–Trinajstić information content (AvgIpc) is 2.55. The molecule has 0 aromatic carbocycles. The van der Waals surface area contributed by atoms with Gasteiger partial charge in [0.1, 0.15) is 6.61 Å². The molecule has 134 valence electrons. The highest BCUT2D eigenvalue weighted by Crippen LogP contribution is 2.27. The second kappa shape index (κ2) is 8.58. The molecule has 2 aromatic heterocycles. The van der Waals surface area contributed by atoms with Gasteiger partial charge in [0.2, 0.25) is 0 Å². The molecular weight excluding hydrogens is 316 g/mol. The van der Waals surface area contributed by atoms with Crippen LogP contribution in [0.2, 0.25) is 0 Å². The number of carbonyl (C=O) groups is 1. The first-order valence-corrected chi connectivity index (χ1v) is 8.32. The monoisotopic (exact) mass is 342 g/mol. The van der Waals surface area contributed by atoms with Crippen LogP contribution >= 0.6 is 0 Å². The van der Waals surface area contributed by atoms with Crippen molar-refractivity contribution >= 4 is 6.09 Å². The zero-order valence-corrected chi connectivity index (χ0v) is 15.1. The van der Waals surface area contributed by atoms with Gasteiger partial charge in [-0.05, 0) is 29.7 Å². The van der Waals surface area contributed by atoms with Gasteiger partial charge in [-0.25, -0.2) is 4.79 Å². The van der Waals surface area contributed by atoms with E-state index in [2.05, 4.69) is 35.6 Å². The van der Waals surface area contributed by atoms with E-state index in [9.17, 15) is 4.79 Å². The molecular formula is C19H26N4O2. The second-order valence-corrected chi connectivity index (χ2v) is 7.06. The predicted octanol–water partition coefficient (Wildman–Crippen LogP) is 2.99. The topological polar surface area (TPSA) is 81.3 Å². The van der Waals surface area contributed by atoms with Crippen molar-refractivity contribution in [3.05, 3.63) is 60.2 Å². The Bertz CT molecular complexity index is 615. The van der Waals surface area contributed by atoms with Crippen molar-refractivity contribution in [3.63, 3.8) is 0 Å². The fourth-order valence-electron chi connectivity index (χ4n) is 2.74. The zero-order chi connectivity index (χ0) is 18.3. The molecule has 25 heavy (non-hydrogen) atoms. The number of hydrogen-bond acceptors (Lipinski definition) is 5. The number of carbonyl (C=O) groups excluding carboxylic acids is 1. The summed E-state index contributed by atoms with van der Waals surface area (Å²) in [5, 5.41) is 0. The van der Waals surface area contributed by atoms with Crippen LogP contribution in [-0.2, 0) is 17.8 Å². The van der Waals surface area contributed by atoms with E-state index in [4.69, 9.17) is 10.5 Å². The minimum Gasteiger partial charge on any atom is -0.448 e. The molecule has 0 aliphatic carbocycles. The number of nitrogens with two attached hydrogens (primary N) is 1. The molecule has 0 saturated carbocycles. The first kappa shape index (κ1) is 18.9. The van der Waals surface area contributed by atoms with Crippen LogP contribution in [0.25, 0.3) is 0 Å². The quantitative estimate of drug-likeness (QED) is 0.836. The largest absolute Gasteiger partial charge is 0.448 e. The van der Waals surface area contributed by atoms with Gasteiger partial charge in [0, 0.05) is 31.5 Å². The van der Waals surface area contributed by atoms with Crippen molar-refractivity contribution < 1.29 is 9.53 Å². The molecule has 0 saturated heterocycles. The summed E-state index contributed by atoms with van der Waals surface area (Å²) in [7, 11) is 0. The van der Waals surface area contributed by atoms with E-state index in [-0.39, 0.29) is 18.1 Å². The highest BCUT2D eigenvalue weighted by atomic mass is 16.5. The third-order valence-corrected chi connectivity index (χ3v) is 4.01. The van der Waals surface area contributed by atoms with Crippen LogP contribution in [0.5, 0.6) is 0 Å². The summed E-state index contributed by atoms with van der Waals surface area (Å²) in [4.78, 5) is 22.2. The van der Waals surface area contributed by atoms with Crippen molar-refractivity contribution in [2.24, 2.45) is 11.1 Å². The van der Waals surface area contributed by atoms with Crippen molar-refractivity contribution in [2.75, 3.05) is 6.61 Å². The van der Waals surface area contributed by atoms with Gasteiger partial charge in [-0.15, -0.1) is 0 Å². The summed E-state index contributed by atoms with van der Waals surface area (Å²) < 4.78 is 5.14. The molecule has 0 fully saturated rings. The van der Waals surface area contributed by atoms with Crippen molar-refractivity contribution in [1.82, 2.24) is 14.9 Å². The molecule has 1 unspecified atom stereocenters. The maximum Gasteiger partial charge on any atom is 0.404 e. The Morgan fingerprint density at radius 1 is 1.08 bits per heavy atom. The Morgan fingerprint density at radius 3 is 1.96 bits per heavy atom. The van der Waals surface area contributed by atoms with E-state index in [1.54, 1.807) is 12.4 Å². The van der Waals surface area contributed by atoms with E-state index in [0.29, 0.717) is 13.1 Å². The fourth-order valence-corrected chi connectivity index (χ4v) is 2.74. The van der Waals surface area contributed by atoms with Crippen molar-refractivity contribution in [2.45, 2.75) is 39.9 Å². The number of amides is 1. The van der Waals surface area contributed by atoms with E-state index >= 15 is 0 Å². The van der Waals surface area contributed by atoms with Gasteiger partial charge >= 0.3 is 6.09 Å². The third kappa shape index (κ3) is 6.15. The maximum atomic E-state index is 11.1. The fraction of sp³-hybridized carbons (Fsp3) is 0.421. The molecule has 2 N–H and O–H groups in total. The summed E-state index contributed by atoms with van der Waals surface area (Å²) in [6, 6.07) is 11.7. The molecule has 2 aromatic rings. The third-order valence-electron chi connectivity index (χ3n) is 4.01. The normalized spacial score (nSPS) is 12.8. The van der Waals surface area contributed by atoms with Crippen LogP contribution in [0.4, 0.5) is 4.79 Å². The Balaban J connectivity index is 2.27. The minimum absolute atomic E-state index is 0.0380. The Kier molecular flexibility index (Phi) is 6.47. The van der Waals surface area contributed by atoms with Crippen LogP contribution in [-0.4, -0.2) is 33.6 Å². The van der Waals surface area contributed by atoms with Gasteiger partial charge in [0.15, 0.2) is 0 Å². The van der Waals surface area contributed by atoms with Gasteiger partial charge in [-0.3, -0.25) is 14.9 Å². The maximum absolute atomic E-state index is 11.1. The van der Waals surface area contributed by atoms with Gasteiger partial charge in [0.25, 0.3) is 0 Å². The van der Waals surface area contributed by atoms with E-state index in [1.807, 2.05) is 36.4 Å². The lowest BCUT2D eigenvalue weighted by Gasteiger charge is -2.39. The lowest BCUT2D eigenvalue weighted by Crippen LogP contribution is -2.47. The highest BCUT2D eigenvalue weighted by molar-refractivity contribution is 5.64.